The molecule has 0 aliphatic heterocycles. The number of rotatable bonds is 9. The van der Waals surface area contributed by atoms with Crippen molar-refractivity contribution in [3.63, 3.8) is 0 Å². The van der Waals surface area contributed by atoms with Crippen LogP contribution >= 0.6 is 18.5 Å². The Morgan fingerprint density at radius 2 is 1.27 bits per heavy atom. The molecule has 0 radical (unpaired) electrons. The lowest BCUT2D eigenvalue weighted by Gasteiger charge is -2.31. The van der Waals surface area contributed by atoms with Crippen LogP contribution in [0.1, 0.15) is 30.1 Å². The van der Waals surface area contributed by atoms with E-state index in [0.29, 0.717) is 6.42 Å². The van der Waals surface area contributed by atoms with E-state index < -0.39 is 18.6 Å². The Hall–Kier alpha value is -3.59. The highest BCUT2D eigenvalue weighted by atomic mass is 35.5. The van der Waals surface area contributed by atoms with Crippen LogP contribution in [0.4, 0.5) is 0 Å². The van der Waals surface area contributed by atoms with Crippen molar-refractivity contribution in [1.82, 2.24) is 0 Å². The maximum Gasteiger partial charge on any atom is 0.343 e. The van der Waals surface area contributed by atoms with Crippen LogP contribution in [0.5, 0.6) is 5.75 Å². The van der Waals surface area contributed by atoms with E-state index in [0.717, 1.165) is 22.3 Å². The van der Waals surface area contributed by atoms with Gasteiger partial charge in [0.25, 0.3) is 0 Å². The second kappa shape index (κ2) is 12.1. The first-order chi connectivity index (χ1) is 18.0. The van der Waals surface area contributed by atoms with Gasteiger partial charge in [-0.1, -0.05) is 116 Å². The number of phenolic OH excluding ortho intramolecular Hbond substituents is 1. The Labute approximate surface area is 222 Å². The van der Waals surface area contributed by atoms with Gasteiger partial charge in [0.2, 0.25) is 5.78 Å². The van der Waals surface area contributed by atoms with Gasteiger partial charge in [0.1, 0.15) is 11.0 Å². The zero-order valence-corrected chi connectivity index (χ0v) is 22.2. The van der Waals surface area contributed by atoms with E-state index in [1.165, 1.54) is 18.2 Å². The van der Waals surface area contributed by atoms with E-state index in [2.05, 4.69) is 0 Å². The van der Waals surface area contributed by atoms with Gasteiger partial charge in [-0.2, -0.15) is 0 Å². The average Bonchev–Trinajstić information content (AvgIpc) is 2.93. The van der Waals surface area contributed by atoms with Crippen LogP contribution in [0.25, 0.3) is 0 Å². The second-order valence-corrected chi connectivity index (χ2v) is 12.3. The summed E-state index contributed by atoms with van der Waals surface area (Å²) in [6.45, 7) is -0.877. The quantitative estimate of drug-likeness (QED) is 0.0985. The van der Waals surface area contributed by atoms with Gasteiger partial charge in [-0.3, -0.25) is 4.79 Å². The van der Waals surface area contributed by atoms with Crippen LogP contribution in [0.15, 0.2) is 109 Å². The Balaban J connectivity index is 2.20. The van der Waals surface area contributed by atoms with Crippen LogP contribution in [0.3, 0.4) is 0 Å². The normalized spacial score (nSPS) is 11.1. The molecular formula is C31H28ClO4P. The molecule has 0 amide bonds. The lowest BCUT2D eigenvalue weighted by Crippen LogP contribution is -2.38. The first-order valence-electron chi connectivity index (χ1n) is 12.1. The highest BCUT2D eigenvalue weighted by molar-refractivity contribution is 7.97. The minimum atomic E-state index is -3.07. The monoisotopic (exact) mass is 530 g/mol. The third-order valence-corrected chi connectivity index (χ3v) is 10.6. The number of aromatic hydroxyl groups is 1. The van der Waals surface area contributed by atoms with Gasteiger partial charge < -0.3 is 9.84 Å². The maximum atomic E-state index is 14.4. The molecule has 0 fully saturated rings. The molecule has 4 aromatic rings. The van der Waals surface area contributed by atoms with Gasteiger partial charge in [-0.15, -0.1) is 0 Å². The van der Waals surface area contributed by atoms with Crippen LogP contribution in [0, 0.1) is 0 Å². The van der Waals surface area contributed by atoms with Gasteiger partial charge in [0.05, 0.1) is 12.2 Å². The molecule has 37 heavy (non-hydrogen) atoms. The third-order valence-electron chi connectivity index (χ3n) is 6.11. The Morgan fingerprint density at radius 3 is 1.70 bits per heavy atom. The molecule has 0 spiro atoms. The number of ketones is 1. The van der Waals surface area contributed by atoms with Gasteiger partial charge in [-0.05, 0) is 47.4 Å². The fourth-order valence-corrected chi connectivity index (χ4v) is 8.83. The summed E-state index contributed by atoms with van der Waals surface area (Å²) in [6, 6.07) is 33.1. The number of hydrogen-bond acceptors (Lipinski definition) is 4. The number of unbranched alkanes of at least 4 members (excludes halogenated alkanes) is 1. The molecule has 6 heteroatoms. The molecule has 4 nitrogen and oxygen atoms in total. The molecule has 1 N–H and O–H groups in total. The van der Waals surface area contributed by atoms with Gasteiger partial charge in [0.15, 0.2) is 0 Å². The molecular weight excluding hydrogens is 503 g/mol. The minimum Gasteiger partial charge on any atom is -0.507 e. The molecule has 4 rings (SSSR count). The highest BCUT2D eigenvalue weighted by Gasteiger charge is 2.38. The van der Waals surface area contributed by atoms with Crippen molar-refractivity contribution in [2.45, 2.75) is 19.8 Å². The van der Waals surface area contributed by atoms with Crippen LogP contribution in [0.2, 0.25) is 5.02 Å². The summed E-state index contributed by atoms with van der Waals surface area (Å²) in [6.07, 6.45) is 1.51. The highest BCUT2D eigenvalue weighted by Crippen LogP contribution is 2.47. The van der Waals surface area contributed by atoms with Gasteiger partial charge in [-0.25, -0.2) is 4.79 Å². The fraction of sp³-hybridized carbons (Fsp3) is 0.129. The number of halogens is 1. The third kappa shape index (κ3) is 5.41. The van der Waals surface area contributed by atoms with Gasteiger partial charge >= 0.3 is 5.97 Å². The van der Waals surface area contributed by atoms with Crippen molar-refractivity contribution >= 4 is 51.4 Å². The summed E-state index contributed by atoms with van der Waals surface area (Å²) in [5.74, 6) is -1.55. The number of ether oxygens (including phenoxy) is 1. The largest absolute Gasteiger partial charge is 0.507 e. The maximum absolute atomic E-state index is 14.4. The summed E-state index contributed by atoms with van der Waals surface area (Å²) in [5.41, 5.74) is -0.000917. The van der Waals surface area contributed by atoms with Gasteiger partial charge in [0, 0.05) is 5.02 Å². The van der Waals surface area contributed by atoms with Crippen LogP contribution in [-0.2, 0) is 9.53 Å². The number of carbonyl (C=O) groups excluding carboxylic acids is 2. The molecule has 0 heterocycles. The summed E-state index contributed by atoms with van der Waals surface area (Å²) in [5, 5.41) is 13.5. The standard InChI is InChI=1S/C31H28ClO4P/c1-2-3-21-36-31(35)30(29(34)27-20-19-23(32)22-28(27)33)37(24-13-7-4-8-14-24,25-15-9-5-10-16-25)26-17-11-6-12-18-26/h4-20,22,33H,2-3,21H2,1H3. The topological polar surface area (TPSA) is 63.6 Å². The lowest BCUT2D eigenvalue weighted by molar-refractivity contribution is -0.135. The van der Waals surface area contributed by atoms with E-state index in [1.807, 2.05) is 97.9 Å². The lowest BCUT2D eigenvalue weighted by atomic mass is 10.1. The predicted molar refractivity (Wildman–Crippen MR) is 153 cm³/mol. The predicted octanol–water partition coefficient (Wildman–Crippen LogP) is 5.74. The van der Waals surface area contributed by atoms with E-state index in [-0.39, 0.29) is 28.2 Å². The van der Waals surface area contributed by atoms with Crippen molar-refractivity contribution in [3.8, 4) is 5.75 Å². The second-order valence-electron chi connectivity index (χ2n) is 8.51. The number of esters is 1. The van der Waals surface area contributed by atoms with Crippen molar-refractivity contribution in [1.29, 1.82) is 0 Å². The molecule has 0 bridgehead atoms. The van der Waals surface area contributed by atoms with E-state index in [9.17, 15) is 14.7 Å². The number of hydrogen-bond donors (Lipinski definition) is 1. The molecule has 0 unspecified atom stereocenters. The molecule has 0 saturated carbocycles. The van der Waals surface area contributed by atoms with Crippen LogP contribution in [-0.4, -0.2) is 28.8 Å². The Bertz CT molecular complexity index is 1330. The van der Waals surface area contributed by atoms with Crippen molar-refractivity contribution < 1.29 is 19.4 Å². The van der Waals surface area contributed by atoms with Crippen LogP contribution < -0.4 is 15.9 Å². The van der Waals surface area contributed by atoms with E-state index in [1.54, 1.807) is 0 Å². The van der Waals surface area contributed by atoms with Crippen molar-refractivity contribution in [2.24, 2.45) is 0 Å². The summed E-state index contributed by atoms with van der Waals surface area (Å²) < 4.78 is 5.74. The molecule has 188 valence electrons. The zero-order chi connectivity index (χ0) is 26.3. The molecule has 0 aliphatic rings. The Morgan fingerprint density at radius 1 is 0.784 bits per heavy atom. The number of Topliss-reactive ketones (excluding diaryl/α,β-unsaturated/α-hetero) is 1. The van der Waals surface area contributed by atoms with E-state index >= 15 is 0 Å². The zero-order valence-electron chi connectivity index (χ0n) is 20.5. The first-order valence-corrected chi connectivity index (χ1v) is 14.3. The Kier molecular flexibility index (Phi) is 8.66. The summed E-state index contributed by atoms with van der Waals surface area (Å²) in [7, 11) is 0. The fourth-order valence-electron chi connectivity index (χ4n) is 4.37. The summed E-state index contributed by atoms with van der Waals surface area (Å²) in [4.78, 5) is 28.4. The SMILES string of the molecule is CCCCOC(=O)C(C(=O)c1ccc(Cl)cc1O)=P(c1ccccc1)(c1ccccc1)c1ccccc1. The first kappa shape index (κ1) is 26.5. The number of phenols is 1. The molecule has 0 saturated heterocycles. The van der Waals surface area contributed by atoms with Crippen molar-refractivity contribution in [3.05, 3.63) is 120 Å². The smallest absolute Gasteiger partial charge is 0.343 e. The van der Waals surface area contributed by atoms with E-state index in [4.69, 9.17) is 16.3 Å². The summed E-state index contributed by atoms with van der Waals surface area (Å²) >= 11 is 6.06. The molecule has 0 atom stereocenters. The molecule has 0 aromatic heterocycles. The number of benzene rings is 4. The number of carbonyl (C=O) groups is 2. The minimum absolute atomic E-state index is 0.000917. The molecule has 4 aromatic carbocycles. The van der Waals surface area contributed by atoms with Crippen molar-refractivity contribution in [2.75, 3.05) is 6.61 Å². The average molecular weight is 531 g/mol. The molecule has 0 aliphatic carbocycles.